The molecule has 1 heterocycles. The summed E-state index contributed by atoms with van der Waals surface area (Å²) in [4.78, 5) is 2.58. The number of nitrogens with one attached hydrogen (secondary N) is 1. The van der Waals surface area contributed by atoms with Crippen LogP contribution in [-0.4, -0.2) is 29.6 Å². The quantitative estimate of drug-likeness (QED) is 0.911. The van der Waals surface area contributed by atoms with Gasteiger partial charge in [-0.05, 0) is 37.5 Å². The first kappa shape index (κ1) is 14.8. The minimum Gasteiger partial charge on any atom is -0.311 e. The van der Waals surface area contributed by atoms with E-state index in [0.29, 0.717) is 12.0 Å². The minimum absolute atomic E-state index is 0.199. The monoisotopic (exact) mass is 280 g/mol. The Labute approximate surface area is 122 Å². The van der Waals surface area contributed by atoms with Gasteiger partial charge in [-0.15, -0.1) is 0 Å². The van der Waals surface area contributed by atoms with Gasteiger partial charge in [-0.1, -0.05) is 37.6 Å². The van der Waals surface area contributed by atoms with Crippen LogP contribution < -0.4 is 5.32 Å². The Balaban J connectivity index is 2.08. The Kier molecular flexibility index (Phi) is 4.54. The van der Waals surface area contributed by atoms with E-state index in [1.54, 1.807) is 0 Å². The molecule has 2 rings (SSSR count). The smallest absolute Gasteiger partial charge is 0.0406 e. The van der Waals surface area contributed by atoms with Crippen LogP contribution in [0.15, 0.2) is 24.3 Å². The molecule has 1 aromatic rings. The molecular weight excluding hydrogens is 256 g/mol. The third kappa shape index (κ3) is 3.71. The van der Waals surface area contributed by atoms with Crippen LogP contribution in [0, 0.1) is 5.92 Å². The third-order valence-corrected chi connectivity index (χ3v) is 4.41. The van der Waals surface area contributed by atoms with E-state index in [0.717, 1.165) is 24.7 Å². The molecule has 19 heavy (non-hydrogen) atoms. The maximum Gasteiger partial charge on any atom is 0.0406 e. The Morgan fingerprint density at radius 1 is 1.32 bits per heavy atom. The van der Waals surface area contributed by atoms with E-state index >= 15 is 0 Å². The highest BCUT2D eigenvalue weighted by atomic mass is 35.5. The lowest BCUT2D eigenvalue weighted by Crippen LogP contribution is -2.62. The zero-order chi connectivity index (χ0) is 14.0. The van der Waals surface area contributed by atoms with E-state index < -0.39 is 0 Å². The lowest BCUT2D eigenvalue weighted by Gasteiger charge is -2.47. The average Bonchev–Trinajstić information content (AvgIpc) is 2.34. The highest BCUT2D eigenvalue weighted by Gasteiger charge is 2.34. The molecular formula is C16H25ClN2. The highest BCUT2D eigenvalue weighted by Crippen LogP contribution is 2.24. The molecule has 1 fully saturated rings. The zero-order valence-corrected chi connectivity index (χ0v) is 13.2. The summed E-state index contributed by atoms with van der Waals surface area (Å²) >= 11 is 5.95. The lowest BCUT2D eigenvalue weighted by molar-refractivity contribution is 0.0475. The summed E-state index contributed by atoms with van der Waals surface area (Å²) < 4.78 is 0. The molecule has 106 valence electrons. The van der Waals surface area contributed by atoms with Gasteiger partial charge in [-0.2, -0.15) is 0 Å². The second kappa shape index (κ2) is 5.82. The first-order valence-corrected chi connectivity index (χ1v) is 7.49. The number of piperazine rings is 1. The maximum absolute atomic E-state index is 5.95. The molecule has 1 saturated heterocycles. The van der Waals surface area contributed by atoms with Gasteiger partial charge in [0.25, 0.3) is 0 Å². The van der Waals surface area contributed by atoms with Gasteiger partial charge in [-0.25, -0.2) is 0 Å². The molecule has 1 unspecified atom stereocenters. The minimum atomic E-state index is 0.199. The normalized spacial score (nSPS) is 23.8. The van der Waals surface area contributed by atoms with Crippen molar-refractivity contribution in [3.63, 3.8) is 0 Å². The maximum atomic E-state index is 5.95. The number of rotatable bonds is 3. The summed E-state index contributed by atoms with van der Waals surface area (Å²) in [7, 11) is 0. The molecule has 1 aromatic carbocycles. The molecule has 0 amide bonds. The van der Waals surface area contributed by atoms with E-state index in [9.17, 15) is 0 Å². The Bertz CT molecular complexity index is 411. The van der Waals surface area contributed by atoms with Crippen LogP contribution in [0.1, 0.15) is 33.3 Å². The summed E-state index contributed by atoms with van der Waals surface area (Å²) in [6.07, 6.45) is 0. The fourth-order valence-electron chi connectivity index (χ4n) is 2.58. The van der Waals surface area contributed by atoms with Crippen LogP contribution >= 0.6 is 11.6 Å². The fourth-order valence-corrected chi connectivity index (χ4v) is 2.70. The van der Waals surface area contributed by atoms with Gasteiger partial charge in [0.1, 0.15) is 0 Å². The largest absolute Gasteiger partial charge is 0.311 e. The van der Waals surface area contributed by atoms with E-state index in [2.05, 4.69) is 50.0 Å². The molecule has 1 N–H and O–H groups in total. The van der Waals surface area contributed by atoms with Crippen molar-refractivity contribution in [3.8, 4) is 0 Å². The van der Waals surface area contributed by atoms with Crippen molar-refractivity contribution in [2.75, 3.05) is 13.1 Å². The van der Waals surface area contributed by atoms with Gasteiger partial charge in [0.05, 0.1) is 0 Å². The molecule has 1 atom stereocenters. The number of benzene rings is 1. The number of hydrogen-bond acceptors (Lipinski definition) is 2. The van der Waals surface area contributed by atoms with Crippen LogP contribution in [0.3, 0.4) is 0 Å². The number of hydrogen-bond donors (Lipinski definition) is 1. The van der Waals surface area contributed by atoms with E-state index in [1.165, 1.54) is 5.56 Å². The molecule has 2 nitrogen and oxygen atoms in total. The van der Waals surface area contributed by atoms with Gasteiger partial charge < -0.3 is 5.32 Å². The highest BCUT2D eigenvalue weighted by molar-refractivity contribution is 6.30. The first-order valence-electron chi connectivity index (χ1n) is 7.11. The van der Waals surface area contributed by atoms with E-state index in [-0.39, 0.29) is 5.54 Å². The standard InChI is InChI=1S/C16H25ClN2/c1-12(2)15-10-19(16(3,4)11-18-15)9-13-5-7-14(17)8-6-13/h5-8,12,15,18H,9-11H2,1-4H3. The summed E-state index contributed by atoms with van der Waals surface area (Å²) in [5, 5.41) is 4.48. The predicted molar refractivity (Wildman–Crippen MR) is 82.6 cm³/mol. The van der Waals surface area contributed by atoms with Crippen molar-refractivity contribution < 1.29 is 0 Å². The number of nitrogens with zero attached hydrogens (tertiary/aromatic N) is 1. The van der Waals surface area contributed by atoms with Crippen LogP contribution in [0.4, 0.5) is 0 Å². The summed E-state index contributed by atoms with van der Waals surface area (Å²) in [6.45, 7) is 12.3. The molecule has 0 radical (unpaired) electrons. The van der Waals surface area contributed by atoms with Crippen LogP contribution in [0.5, 0.6) is 0 Å². The lowest BCUT2D eigenvalue weighted by atomic mass is 9.92. The van der Waals surface area contributed by atoms with Crippen LogP contribution in [-0.2, 0) is 6.54 Å². The van der Waals surface area contributed by atoms with Gasteiger partial charge in [0, 0.05) is 36.2 Å². The van der Waals surface area contributed by atoms with Gasteiger partial charge in [0.15, 0.2) is 0 Å². The molecule has 1 aliphatic heterocycles. The van der Waals surface area contributed by atoms with Crippen molar-refractivity contribution in [1.82, 2.24) is 10.2 Å². The Hall–Kier alpha value is -0.570. The van der Waals surface area contributed by atoms with Crippen molar-refractivity contribution in [2.45, 2.75) is 45.8 Å². The predicted octanol–water partition coefficient (Wildman–Crippen LogP) is 3.55. The van der Waals surface area contributed by atoms with Crippen molar-refractivity contribution in [3.05, 3.63) is 34.9 Å². The molecule has 3 heteroatoms. The molecule has 0 aromatic heterocycles. The molecule has 0 spiro atoms. The molecule has 0 aliphatic carbocycles. The van der Waals surface area contributed by atoms with E-state index in [1.807, 2.05) is 12.1 Å². The second-order valence-electron chi connectivity index (χ2n) is 6.55. The second-order valence-corrected chi connectivity index (χ2v) is 6.99. The first-order chi connectivity index (χ1) is 8.88. The Morgan fingerprint density at radius 3 is 2.53 bits per heavy atom. The van der Waals surface area contributed by atoms with Gasteiger partial charge in [-0.3, -0.25) is 4.90 Å². The third-order valence-electron chi connectivity index (χ3n) is 4.16. The summed E-state index contributed by atoms with van der Waals surface area (Å²) in [5.41, 5.74) is 1.53. The van der Waals surface area contributed by atoms with Crippen molar-refractivity contribution in [2.24, 2.45) is 5.92 Å². The SMILES string of the molecule is CC(C)C1CN(Cc2ccc(Cl)cc2)C(C)(C)CN1. The van der Waals surface area contributed by atoms with Crippen molar-refractivity contribution in [1.29, 1.82) is 0 Å². The number of halogens is 1. The molecule has 0 saturated carbocycles. The zero-order valence-electron chi connectivity index (χ0n) is 12.4. The van der Waals surface area contributed by atoms with Crippen molar-refractivity contribution >= 4 is 11.6 Å². The summed E-state index contributed by atoms with van der Waals surface area (Å²) in [5.74, 6) is 0.670. The Morgan fingerprint density at radius 2 is 1.95 bits per heavy atom. The van der Waals surface area contributed by atoms with Crippen LogP contribution in [0.25, 0.3) is 0 Å². The fraction of sp³-hybridized carbons (Fsp3) is 0.625. The summed E-state index contributed by atoms with van der Waals surface area (Å²) in [6, 6.07) is 8.80. The topological polar surface area (TPSA) is 15.3 Å². The molecule has 1 aliphatic rings. The van der Waals surface area contributed by atoms with Gasteiger partial charge >= 0.3 is 0 Å². The van der Waals surface area contributed by atoms with Crippen LogP contribution in [0.2, 0.25) is 5.02 Å². The van der Waals surface area contributed by atoms with E-state index in [4.69, 9.17) is 11.6 Å². The van der Waals surface area contributed by atoms with Gasteiger partial charge in [0.2, 0.25) is 0 Å². The average molecular weight is 281 g/mol. The molecule has 0 bridgehead atoms.